The molecule has 0 amide bonds. The van der Waals surface area contributed by atoms with Crippen LogP contribution in [0.3, 0.4) is 0 Å². The Morgan fingerprint density at radius 1 is 1.11 bits per heavy atom. The van der Waals surface area contributed by atoms with E-state index in [1.807, 2.05) is 39.8 Å². The molecule has 19 heavy (non-hydrogen) atoms. The van der Waals surface area contributed by atoms with Crippen LogP contribution in [0.4, 0.5) is 0 Å². The van der Waals surface area contributed by atoms with Gasteiger partial charge in [-0.1, -0.05) is 12.1 Å². The molecule has 0 spiro atoms. The summed E-state index contributed by atoms with van der Waals surface area (Å²) in [5.74, 6) is -0.270. The standard InChI is InChI=1S/C14H17BO4/c1-13(2)14(3,4)19-15(18-13)11-7-5-6-9-10(11)8-17-12(9)16/h5-7H,8H2,1-4H3. The first-order chi connectivity index (χ1) is 8.82. The summed E-state index contributed by atoms with van der Waals surface area (Å²) in [7, 11) is -0.450. The van der Waals surface area contributed by atoms with E-state index in [0.717, 1.165) is 11.0 Å². The van der Waals surface area contributed by atoms with Crippen LogP contribution in [-0.2, 0) is 20.7 Å². The summed E-state index contributed by atoms with van der Waals surface area (Å²) >= 11 is 0. The average molecular weight is 260 g/mol. The molecule has 2 heterocycles. The third-order valence-electron chi connectivity index (χ3n) is 4.29. The van der Waals surface area contributed by atoms with Crippen LogP contribution in [0.1, 0.15) is 43.6 Å². The Labute approximate surface area is 113 Å². The summed E-state index contributed by atoms with van der Waals surface area (Å²) in [4.78, 5) is 11.6. The molecule has 1 aromatic rings. The normalized spacial score (nSPS) is 23.4. The Morgan fingerprint density at radius 2 is 1.74 bits per heavy atom. The molecule has 1 aromatic carbocycles. The van der Waals surface area contributed by atoms with Crippen LogP contribution >= 0.6 is 0 Å². The Bertz CT molecular complexity index is 534. The molecule has 2 aliphatic rings. The highest BCUT2D eigenvalue weighted by Gasteiger charge is 2.52. The van der Waals surface area contributed by atoms with Crippen molar-refractivity contribution in [3.63, 3.8) is 0 Å². The molecular weight excluding hydrogens is 243 g/mol. The zero-order valence-corrected chi connectivity index (χ0v) is 11.6. The Kier molecular flexibility index (Phi) is 2.56. The molecule has 3 rings (SSSR count). The first-order valence-electron chi connectivity index (χ1n) is 6.46. The van der Waals surface area contributed by atoms with Gasteiger partial charge >= 0.3 is 13.1 Å². The number of hydrogen-bond acceptors (Lipinski definition) is 4. The summed E-state index contributed by atoms with van der Waals surface area (Å²) in [5.41, 5.74) is 1.62. The predicted octanol–water partition coefficient (Wildman–Crippen LogP) is 1.66. The van der Waals surface area contributed by atoms with Crippen molar-refractivity contribution in [1.82, 2.24) is 0 Å². The summed E-state index contributed by atoms with van der Waals surface area (Å²) in [6.07, 6.45) is 0. The number of hydrogen-bond donors (Lipinski definition) is 0. The quantitative estimate of drug-likeness (QED) is 0.569. The molecular formula is C14H17BO4. The zero-order chi connectivity index (χ0) is 13.8. The monoisotopic (exact) mass is 260 g/mol. The van der Waals surface area contributed by atoms with E-state index < -0.39 is 7.12 Å². The van der Waals surface area contributed by atoms with E-state index in [1.54, 1.807) is 6.07 Å². The van der Waals surface area contributed by atoms with Gasteiger partial charge in [0.25, 0.3) is 0 Å². The van der Waals surface area contributed by atoms with Crippen LogP contribution in [0.5, 0.6) is 0 Å². The Balaban J connectivity index is 2.00. The molecule has 0 aliphatic carbocycles. The minimum absolute atomic E-state index is 0.270. The third kappa shape index (κ3) is 1.80. The number of rotatable bonds is 1. The molecule has 4 nitrogen and oxygen atoms in total. The van der Waals surface area contributed by atoms with E-state index in [4.69, 9.17) is 14.0 Å². The fraction of sp³-hybridized carbons (Fsp3) is 0.500. The van der Waals surface area contributed by atoms with Crippen LogP contribution in [0, 0.1) is 0 Å². The molecule has 0 atom stereocenters. The topological polar surface area (TPSA) is 44.8 Å². The molecule has 0 saturated carbocycles. The van der Waals surface area contributed by atoms with E-state index in [-0.39, 0.29) is 17.2 Å². The van der Waals surface area contributed by atoms with E-state index in [9.17, 15) is 4.79 Å². The van der Waals surface area contributed by atoms with Crippen LogP contribution in [-0.4, -0.2) is 24.3 Å². The maximum absolute atomic E-state index is 11.6. The van der Waals surface area contributed by atoms with Crippen molar-refractivity contribution in [2.45, 2.75) is 45.5 Å². The Morgan fingerprint density at radius 3 is 2.37 bits per heavy atom. The molecule has 0 radical (unpaired) electrons. The van der Waals surface area contributed by atoms with Gasteiger partial charge in [0.2, 0.25) is 0 Å². The van der Waals surface area contributed by atoms with Crippen molar-refractivity contribution in [1.29, 1.82) is 0 Å². The number of ether oxygens (including phenoxy) is 1. The van der Waals surface area contributed by atoms with Gasteiger partial charge in [0.15, 0.2) is 0 Å². The maximum Gasteiger partial charge on any atom is 0.495 e. The van der Waals surface area contributed by atoms with Gasteiger partial charge in [-0.05, 0) is 39.2 Å². The van der Waals surface area contributed by atoms with Gasteiger partial charge in [-0.3, -0.25) is 0 Å². The highest BCUT2D eigenvalue weighted by atomic mass is 16.7. The second-order valence-electron chi connectivity index (χ2n) is 6.04. The highest BCUT2D eigenvalue weighted by molar-refractivity contribution is 6.62. The zero-order valence-electron chi connectivity index (χ0n) is 11.6. The lowest BCUT2D eigenvalue weighted by Crippen LogP contribution is -2.41. The smallest absolute Gasteiger partial charge is 0.457 e. The molecule has 2 aliphatic heterocycles. The largest absolute Gasteiger partial charge is 0.495 e. The number of cyclic esters (lactones) is 1. The van der Waals surface area contributed by atoms with Gasteiger partial charge in [0.1, 0.15) is 6.61 Å². The molecule has 0 unspecified atom stereocenters. The lowest BCUT2D eigenvalue weighted by Gasteiger charge is -2.32. The van der Waals surface area contributed by atoms with Crippen molar-refractivity contribution >= 4 is 18.6 Å². The number of carbonyl (C=O) groups excluding carboxylic acids is 1. The maximum atomic E-state index is 11.6. The van der Waals surface area contributed by atoms with Gasteiger partial charge in [0.05, 0.1) is 16.8 Å². The number of carbonyl (C=O) groups is 1. The summed E-state index contributed by atoms with van der Waals surface area (Å²) in [5, 5.41) is 0. The van der Waals surface area contributed by atoms with Gasteiger partial charge in [-0.15, -0.1) is 0 Å². The van der Waals surface area contributed by atoms with Gasteiger partial charge < -0.3 is 14.0 Å². The lowest BCUT2D eigenvalue weighted by molar-refractivity contribution is 0.00578. The van der Waals surface area contributed by atoms with Gasteiger partial charge in [0, 0.05) is 5.56 Å². The minimum atomic E-state index is -0.450. The van der Waals surface area contributed by atoms with Crippen molar-refractivity contribution in [2.24, 2.45) is 0 Å². The molecule has 5 heteroatoms. The van der Waals surface area contributed by atoms with Crippen LogP contribution < -0.4 is 5.46 Å². The van der Waals surface area contributed by atoms with E-state index >= 15 is 0 Å². The molecule has 0 bridgehead atoms. The molecule has 1 saturated heterocycles. The number of benzene rings is 1. The van der Waals surface area contributed by atoms with Gasteiger partial charge in [-0.25, -0.2) is 4.79 Å². The Hall–Kier alpha value is -1.33. The summed E-state index contributed by atoms with van der Waals surface area (Å²) in [6, 6.07) is 5.55. The fourth-order valence-electron chi connectivity index (χ4n) is 2.36. The average Bonchev–Trinajstić information content (AvgIpc) is 2.78. The van der Waals surface area contributed by atoms with E-state index in [2.05, 4.69) is 0 Å². The molecule has 0 aromatic heterocycles. The van der Waals surface area contributed by atoms with Crippen molar-refractivity contribution in [3.05, 3.63) is 29.3 Å². The van der Waals surface area contributed by atoms with Crippen molar-refractivity contribution < 1.29 is 18.8 Å². The number of esters is 1. The molecule has 100 valence electrons. The van der Waals surface area contributed by atoms with Crippen LogP contribution in [0.2, 0.25) is 0 Å². The van der Waals surface area contributed by atoms with Crippen molar-refractivity contribution in [3.8, 4) is 0 Å². The summed E-state index contributed by atoms with van der Waals surface area (Å²) in [6.45, 7) is 8.35. The van der Waals surface area contributed by atoms with E-state index in [1.165, 1.54) is 0 Å². The van der Waals surface area contributed by atoms with E-state index in [0.29, 0.717) is 12.2 Å². The van der Waals surface area contributed by atoms with Crippen LogP contribution in [0.15, 0.2) is 18.2 Å². The van der Waals surface area contributed by atoms with Crippen molar-refractivity contribution in [2.75, 3.05) is 0 Å². The number of fused-ring (bicyclic) bond motifs is 1. The fourth-order valence-corrected chi connectivity index (χ4v) is 2.36. The lowest BCUT2D eigenvalue weighted by atomic mass is 9.75. The van der Waals surface area contributed by atoms with Gasteiger partial charge in [-0.2, -0.15) is 0 Å². The molecule has 1 fully saturated rings. The summed E-state index contributed by atoms with van der Waals surface area (Å²) < 4.78 is 17.1. The SMILES string of the molecule is CC1(C)OB(c2cccc3c2COC3=O)OC1(C)C. The minimum Gasteiger partial charge on any atom is -0.457 e. The first kappa shape index (κ1) is 12.7. The highest BCUT2D eigenvalue weighted by Crippen LogP contribution is 2.37. The first-order valence-corrected chi connectivity index (χ1v) is 6.46. The predicted molar refractivity (Wildman–Crippen MR) is 71.3 cm³/mol. The van der Waals surface area contributed by atoms with Crippen LogP contribution in [0.25, 0.3) is 0 Å². The third-order valence-corrected chi connectivity index (χ3v) is 4.29. The second kappa shape index (κ2) is 3.84. The second-order valence-corrected chi connectivity index (χ2v) is 6.04. The molecule has 0 N–H and O–H groups in total.